The van der Waals surface area contributed by atoms with Crippen LogP contribution in [0.25, 0.3) is 22.3 Å². The van der Waals surface area contributed by atoms with Crippen molar-refractivity contribution in [3.63, 3.8) is 0 Å². The van der Waals surface area contributed by atoms with E-state index in [1.807, 2.05) is 75.3 Å². The van der Waals surface area contributed by atoms with Crippen LogP contribution >= 0.6 is 11.6 Å². The monoisotopic (exact) mass is 708 g/mol. The van der Waals surface area contributed by atoms with Crippen LogP contribution in [0.4, 0.5) is 0 Å². The number of halogens is 1. The number of para-hydroxylation sites is 1. The van der Waals surface area contributed by atoms with Crippen LogP contribution in [0.15, 0.2) is 103 Å². The first kappa shape index (κ1) is 45.2. The van der Waals surface area contributed by atoms with Gasteiger partial charge in [0.15, 0.2) is 0 Å². The van der Waals surface area contributed by atoms with E-state index in [4.69, 9.17) is 22.3 Å². The van der Waals surface area contributed by atoms with E-state index in [9.17, 15) is 13.5 Å². The molecule has 7 nitrogen and oxygen atoms in total. The molecule has 1 unspecified atom stereocenters. The first-order valence-electron chi connectivity index (χ1n) is 17.0. The topological polar surface area (TPSA) is 111 Å². The molecule has 0 fully saturated rings. The van der Waals surface area contributed by atoms with Gasteiger partial charge in [-0.1, -0.05) is 121 Å². The molecule has 268 valence electrons. The van der Waals surface area contributed by atoms with Crippen molar-refractivity contribution in [2.24, 2.45) is 5.73 Å². The molecule has 0 aliphatic rings. The minimum atomic E-state index is -4.10. The number of hydrogen-bond acceptors (Lipinski definition) is 6. The maximum Gasteiger partial charge on any atom is 0.269 e. The number of fused-ring (bicyclic) bond motifs is 1. The summed E-state index contributed by atoms with van der Waals surface area (Å²) in [5.41, 5.74) is 9.67. The summed E-state index contributed by atoms with van der Waals surface area (Å²) in [7, 11) is -4.10. The van der Waals surface area contributed by atoms with Crippen LogP contribution in [0.3, 0.4) is 0 Å². The van der Waals surface area contributed by atoms with Gasteiger partial charge in [-0.25, -0.2) is 17.4 Å². The molecule has 0 spiro atoms. The fourth-order valence-electron chi connectivity index (χ4n) is 4.39. The van der Waals surface area contributed by atoms with Crippen LogP contribution in [0.5, 0.6) is 0 Å². The summed E-state index contributed by atoms with van der Waals surface area (Å²) in [5, 5.41) is 11.0. The Kier molecular flexibility index (Phi) is 20.3. The SMILES string of the molecule is C=CC.CC.CC.CC.CC.Cc1ccc(S(=O)(=O)n2c(C(N)c3ccccc3Cl)nc3c(-c4cc(C(C)(C)O)ccn4)cccc32)cc1. The second kappa shape index (κ2) is 22.0. The second-order valence-corrected chi connectivity index (χ2v) is 12.3. The fraction of sp³-hybridized carbons (Fsp3) is 0.350. The quantitative estimate of drug-likeness (QED) is 0.170. The van der Waals surface area contributed by atoms with Crippen LogP contribution in [0, 0.1) is 6.92 Å². The third kappa shape index (κ3) is 11.4. The summed E-state index contributed by atoms with van der Waals surface area (Å²) in [6, 6.07) is 21.5. The number of imidazole rings is 1. The molecule has 0 saturated carbocycles. The molecule has 5 rings (SSSR count). The molecular weight excluding hydrogens is 652 g/mol. The van der Waals surface area contributed by atoms with Crippen molar-refractivity contribution in [1.82, 2.24) is 13.9 Å². The highest BCUT2D eigenvalue weighted by atomic mass is 35.5. The van der Waals surface area contributed by atoms with Gasteiger partial charge in [0.1, 0.15) is 5.82 Å². The molecule has 5 aromatic rings. The van der Waals surface area contributed by atoms with Crippen LogP contribution in [-0.2, 0) is 15.6 Å². The largest absolute Gasteiger partial charge is 0.386 e. The smallest absolute Gasteiger partial charge is 0.269 e. The van der Waals surface area contributed by atoms with Gasteiger partial charge in [0.05, 0.1) is 33.3 Å². The zero-order valence-electron chi connectivity index (χ0n) is 31.4. The van der Waals surface area contributed by atoms with E-state index < -0.39 is 21.7 Å². The molecule has 0 bridgehead atoms. The van der Waals surface area contributed by atoms with Crippen molar-refractivity contribution in [2.75, 3.05) is 0 Å². The molecule has 0 aliphatic carbocycles. The summed E-state index contributed by atoms with van der Waals surface area (Å²) in [6.45, 7) is 26.5. The predicted octanol–water partition coefficient (Wildman–Crippen LogP) is 10.9. The summed E-state index contributed by atoms with van der Waals surface area (Å²) < 4.78 is 29.4. The Morgan fingerprint density at radius 1 is 0.898 bits per heavy atom. The fourth-order valence-corrected chi connectivity index (χ4v) is 6.14. The van der Waals surface area contributed by atoms with Gasteiger partial charge in [0.25, 0.3) is 10.0 Å². The molecule has 9 heteroatoms. The van der Waals surface area contributed by atoms with E-state index >= 15 is 0 Å². The van der Waals surface area contributed by atoms with Gasteiger partial charge in [0.2, 0.25) is 0 Å². The molecule has 3 N–H and O–H groups in total. The normalized spacial score (nSPS) is 10.9. The maximum absolute atomic E-state index is 14.1. The van der Waals surface area contributed by atoms with Crippen LogP contribution in [-0.4, -0.2) is 27.5 Å². The number of nitrogens with two attached hydrogens (primary N) is 1. The standard InChI is InChI=1S/C29H27ClN4O3S.C3H6.4C2H6/c1-18-11-13-20(14-12-18)38(36,37)34-25-10-6-8-22(24-17-19(15-16-32-24)29(2,3)35)27(25)33-28(34)26(31)21-7-4-5-9-23(21)30;1-3-2;4*1-2/h4-17,26,35H,31H2,1-3H3;3H,1H2,2H3;4*1-2H3. The van der Waals surface area contributed by atoms with E-state index in [-0.39, 0.29) is 10.7 Å². The van der Waals surface area contributed by atoms with Crippen molar-refractivity contribution >= 4 is 32.7 Å². The van der Waals surface area contributed by atoms with Crippen molar-refractivity contribution < 1.29 is 13.5 Å². The van der Waals surface area contributed by atoms with Crippen molar-refractivity contribution in [2.45, 2.75) is 99.6 Å². The molecule has 0 radical (unpaired) electrons. The number of pyridine rings is 1. The lowest BCUT2D eigenvalue weighted by molar-refractivity contribution is 0.0785. The lowest BCUT2D eigenvalue weighted by Crippen LogP contribution is -2.23. The third-order valence-electron chi connectivity index (χ3n) is 6.49. The van der Waals surface area contributed by atoms with Gasteiger partial charge in [-0.15, -0.1) is 6.58 Å². The molecule has 0 amide bonds. The lowest BCUT2D eigenvalue weighted by atomic mass is 9.97. The van der Waals surface area contributed by atoms with Gasteiger partial charge in [-0.3, -0.25) is 4.98 Å². The molecule has 0 saturated heterocycles. The van der Waals surface area contributed by atoms with Gasteiger partial charge in [-0.05, 0) is 75.2 Å². The van der Waals surface area contributed by atoms with E-state index in [1.54, 1.807) is 98.9 Å². The highest BCUT2D eigenvalue weighted by Gasteiger charge is 2.30. The Hall–Kier alpha value is -3.82. The van der Waals surface area contributed by atoms with Gasteiger partial charge < -0.3 is 10.8 Å². The minimum Gasteiger partial charge on any atom is -0.386 e. The second-order valence-electron chi connectivity index (χ2n) is 10.1. The number of allylic oxidation sites excluding steroid dienone is 1. The maximum atomic E-state index is 14.1. The van der Waals surface area contributed by atoms with Crippen molar-refractivity contribution in [3.8, 4) is 11.3 Å². The van der Waals surface area contributed by atoms with E-state index in [0.29, 0.717) is 38.4 Å². The summed E-state index contributed by atoms with van der Waals surface area (Å²) in [5.74, 6) is 0.125. The number of benzene rings is 3. The molecule has 49 heavy (non-hydrogen) atoms. The third-order valence-corrected chi connectivity index (χ3v) is 8.56. The predicted molar refractivity (Wildman–Crippen MR) is 211 cm³/mol. The zero-order valence-corrected chi connectivity index (χ0v) is 33.0. The highest BCUT2D eigenvalue weighted by molar-refractivity contribution is 7.90. The van der Waals surface area contributed by atoms with Crippen molar-refractivity contribution in [1.29, 1.82) is 0 Å². The Bertz CT molecular complexity index is 1810. The number of aryl methyl sites for hydroxylation is 1. The summed E-state index contributed by atoms with van der Waals surface area (Å²) >= 11 is 6.46. The number of aromatic nitrogens is 3. The Morgan fingerprint density at radius 2 is 1.45 bits per heavy atom. The van der Waals surface area contributed by atoms with Gasteiger partial charge in [0, 0.05) is 16.8 Å². The molecule has 2 heterocycles. The molecule has 0 aliphatic heterocycles. The number of nitrogens with zero attached hydrogens (tertiary/aromatic N) is 3. The van der Waals surface area contributed by atoms with Crippen LogP contribution < -0.4 is 5.73 Å². The number of hydrogen-bond donors (Lipinski definition) is 2. The van der Waals surface area contributed by atoms with E-state index in [2.05, 4.69) is 11.6 Å². The number of rotatable bonds is 6. The molecule has 2 aromatic heterocycles. The van der Waals surface area contributed by atoms with Crippen LogP contribution in [0.1, 0.15) is 105 Å². The zero-order chi connectivity index (χ0) is 37.9. The Balaban J connectivity index is 0.00000189. The lowest BCUT2D eigenvalue weighted by Gasteiger charge is -2.18. The molecular formula is C40H57ClN4O3S. The molecule has 3 aromatic carbocycles. The van der Waals surface area contributed by atoms with E-state index in [1.165, 1.54) is 3.97 Å². The average Bonchev–Trinajstić information content (AvgIpc) is 3.53. The van der Waals surface area contributed by atoms with Crippen LogP contribution in [0.2, 0.25) is 5.02 Å². The Morgan fingerprint density at radius 3 is 1.98 bits per heavy atom. The highest BCUT2D eigenvalue weighted by Crippen LogP contribution is 2.35. The average molecular weight is 709 g/mol. The van der Waals surface area contributed by atoms with E-state index in [0.717, 1.165) is 5.56 Å². The summed E-state index contributed by atoms with van der Waals surface area (Å²) in [6.07, 6.45) is 3.36. The molecule has 1 atom stereocenters. The van der Waals surface area contributed by atoms with Gasteiger partial charge >= 0.3 is 0 Å². The number of aliphatic hydroxyl groups is 1. The first-order chi connectivity index (χ1) is 23.4. The van der Waals surface area contributed by atoms with Crippen molar-refractivity contribution in [3.05, 3.63) is 125 Å². The minimum absolute atomic E-state index is 0.113. The van der Waals surface area contributed by atoms with Gasteiger partial charge in [-0.2, -0.15) is 0 Å². The summed E-state index contributed by atoms with van der Waals surface area (Å²) in [4.78, 5) is 9.42. The Labute approximate surface area is 301 Å². The first-order valence-corrected chi connectivity index (χ1v) is 18.8.